The first-order valence-corrected chi connectivity index (χ1v) is 6.04. The molecule has 1 saturated heterocycles. The Bertz CT molecular complexity index is 491. The van der Waals surface area contributed by atoms with Crippen LogP contribution in [0.2, 0.25) is 0 Å². The molecule has 0 radical (unpaired) electrons. The van der Waals surface area contributed by atoms with E-state index in [2.05, 4.69) is 10.3 Å². The van der Waals surface area contributed by atoms with Gasteiger partial charge in [-0.2, -0.15) is 4.98 Å². The minimum atomic E-state index is -1.29. The fourth-order valence-electron chi connectivity index (χ4n) is 2.00. The van der Waals surface area contributed by atoms with Crippen LogP contribution in [0.4, 0.5) is 5.82 Å². The van der Waals surface area contributed by atoms with E-state index in [9.17, 15) is 15.0 Å². The highest BCUT2D eigenvalue weighted by Gasteiger charge is 2.43. The van der Waals surface area contributed by atoms with Gasteiger partial charge in [0.1, 0.15) is 24.1 Å². The van der Waals surface area contributed by atoms with E-state index in [4.69, 9.17) is 9.84 Å². The minimum Gasteiger partial charge on any atom is -0.394 e. The lowest BCUT2D eigenvalue weighted by Crippen LogP contribution is -2.36. The van der Waals surface area contributed by atoms with Crippen LogP contribution in [0.15, 0.2) is 17.1 Å². The van der Waals surface area contributed by atoms with Crippen LogP contribution in [0.25, 0.3) is 0 Å². The second kappa shape index (κ2) is 5.66. The molecule has 0 spiro atoms. The first-order chi connectivity index (χ1) is 9.08. The highest BCUT2D eigenvalue weighted by molar-refractivity contribution is 5.31. The van der Waals surface area contributed by atoms with E-state index in [0.717, 1.165) is 4.57 Å². The molecule has 106 valence electrons. The molecule has 4 atom stereocenters. The summed E-state index contributed by atoms with van der Waals surface area (Å²) in [5.41, 5.74) is -0.603. The van der Waals surface area contributed by atoms with Crippen molar-refractivity contribution in [2.75, 3.05) is 18.5 Å². The van der Waals surface area contributed by atoms with Gasteiger partial charge in [0.05, 0.1) is 6.61 Å². The maximum Gasteiger partial charge on any atom is 0.351 e. The molecule has 0 aliphatic carbocycles. The third kappa shape index (κ3) is 2.61. The summed E-state index contributed by atoms with van der Waals surface area (Å²) < 4.78 is 6.34. The van der Waals surface area contributed by atoms with E-state index in [0.29, 0.717) is 12.4 Å². The molecule has 1 fully saturated rings. The van der Waals surface area contributed by atoms with Crippen LogP contribution >= 0.6 is 0 Å². The molecule has 0 unspecified atom stereocenters. The van der Waals surface area contributed by atoms with Crippen molar-refractivity contribution in [3.63, 3.8) is 0 Å². The zero-order chi connectivity index (χ0) is 14.0. The van der Waals surface area contributed by atoms with E-state index >= 15 is 0 Å². The molecule has 0 bridgehead atoms. The molecule has 1 aromatic rings. The molecular weight excluding hydrogens is 254 g/mol. The van der Waals surface area contributed by atoms with Crippen LogP contribution < -0.4 is 11.0 Å². The number of hydrogen-bond acceptors (Lipinski definition) is 7. The smallest absolute Gasteiger partial charge is 0.351 e. The summed E-state index contributed by atoms with van der Waals surface area (Å²) in [6.07, 6.45) is -3.08. The van der Waals surface area contributed by atoms with Gasteiger partial charge in [0.25, 0.3) is 0 Å². The van der Waals surface area contributed by atoms with Gasteiger partial charge in [-0.05, 0) is 13.0 Å². The molecule has 19 heavy (non-hydrogen) atoms. The van der Waals surface area contributed by atoms with Gasteiger partial charge in [0, 0.05) is 12.7 Å². The topological polar surface area (TPSA) is 117 Å². The number of rotatable bonds is 4. The van der Waals surface area contributed by atoms with Crippen LogP contribution in [-0.2, 0) is 4.74 Å². The van der Waals surface area contributed by atoms with Gasteiger partial charge in [-0.25, -0.2) is 4.79 Å². The van der Waals surface area contributed by atoms with Crippen molar-refractivity contribution in [3.8, 4) is 0 Å². The first kappa shape index (κ1) is 13.9. The summed E-state index contributed by atoms with van der Waals surface area (Å²) in [6.45, 7) is 2.07. The van der Waals surface area contributed by atoms with Crippen LogP contribution in [0.1, 0.15) is 13.2 Å². The van der Waals surface area contributed by atoms with Crippen molar-refractivity contribution in [2.24, 2.45) is 0 Å². The third-order valence-corrected chi connectivity index (χ3v) is 2.98. The number of nitrogens with one attached hydrogen (secondary N) is 1. The van der Waals surface area contributed by atoms with Gasteiger partial charge in [0.2, 0.25) is 0 Å². The van der Waals surface area contributed by atoms with Gasteiger partial charge in [0.15, 0.2) is 6.23 Å². The quantitative estimate of drug-likeness (QED) is 0.515. The Labute approximate surface area is 109 Å². The Morgan fingerprint density at radius 1 is 1.47 bits per heavy atom. The van der Waals surface area contributed by atoms with Crippen molar-refractivity contribution < 1.29 is 20.1 Å². The number of ether oxygens (including phenoxy) is 1. The summed E-state index contributed by atoms with van der Waals surface area (Å²) in [6, 6.07) is 1.57. The number of aliphatic hydroxyl groups excluding tert-OH is 3. The lowest BCUT2D eigenvalue weighted by molar-refractivity contribution is -0.0549. The Morgan fingerprint density at radius 3 is 2.74 bits per heavy atom. The Hall–Kier alpha value is -1.48. The second-order valence-corrected chi connectivity index (χ2v) is 4.26. The number of nitrogens with zero attached hydrogens (tertiary/aromatic N) is 2. The molecule has 8 nitrogen and oxygen atoms in total. The predicted octanol–water partition coefficient (Wildman–Crippen LogP) is -1.71. The van der Waals surface area contributed by atoms with E-state index in [1.807, 2.05) is 6.92 Å². The number of hydrogen-bond donors (Lipinski definition) is 4. The van der Waals surface area contributed by atoms with Crippen molar-refractivity contribution >= 4 is 5.82 Å². The van der Waals surface area contributed by atoms with E-state index in [1.165, 1.54) is 6.20 Å². The molecular formula is C11H17N3O5. The normalized spacial score (nSPS) is 30.5. The maximum absolute atomic E-state index is 11.8. The molecule has 1 aromatic heterocycles. The molecule has 0 aromatic carbocycles. The third-order valence-electron chi connectivity index (χ3n) is 2.98. The average molecular weight is 271 g/mol. The van der Waals surface area contributed by atoms with Crippen molar-refractivity contribution in [1.82, 2.24) is 9.55 Å². The summed E-state index contributed by atoms with van der Waals surface area (Å²) in [4.78, 5) is 15.6. The molecule has 0 saturated carbocycles. The summed E-state index contributed by atoms with van der Waals surface area (Å²) in [5, 5.41) is 31.3. The Kier molecular flexibility index (Phi) is 4.15. The SMILES string of the molecule is CCNc1ccn([C@@H]2O[C@H](CO)[C@@H](O)[C@@H]2O)c(=O)n1. The van der Waals surface area contributed by atoms with E-state index < -0.39 is 36.8 Å². The number of aromatic nitrogens is 2. The number of anilines is 1. The average Bonchev–Trinajstić information content (AvgIpc) is 2.67. The van der Waals surface area contributed by atoms with E-state index in [-0.39, 0.29) is 0 Å². The van der Waals surface area contributed by atoms with Gasteiger partial charge < -0.3 is 25.4 Å². The predicted molar refractivity (Wildman–Crippen MR) is 65.7 cm³/mol. The van der Waals surface area contributed by atoms with E-state index in [1.54, 1.807) is 6.07 Å². The highest BCUT2D eigenvalue weighted by Crippen LogP contribution is 2.27. The number of aliphatic hydroxyl groups is 3. The molecule has 4 N–H and O–H groups in total. The molecule has 1 aliphatic rings. The van der Waals surface area contributed by atoms with Crippen molar-refractivity contribution in [3.05, 3.63) is 22.7 Å². The molecule has 0 amide bonds. The lowest BCUT2D eigenvalue weighted by atomic mass is 10.1. The largest absolute Gasteiger partial charge is 0.394 e. The lowest BCUT2D eigenvalue weighted by Gasteiger charge is -2.17. The van der Waals surface area contributed by atoms with Gasteiger partial charge in [-0.15, -0.1) is 0 Å². The van der Waals surface area contributed by atoms with Crippen LogP contribution in [0.3, 0.4) is 0 Å². The van der Waals surface area contributed by atoms with Crippen LogP contribution in [-0.4, -0.2) is 56.3 Å². The van der Waals surface area contributed by atoms with Crippen molar-refractivity contribution in [1.29, 1.82) is 0 Å². The highest BCUT2D eigenvalue weighted by atomic mass is 16.6. The fraction of sp³-hybridized carbons (Fsp3) is 0.636. The Balaban J connectivity index is 2.25. The molecule has 2 rings (SSSR count). The zero-order valence-electron chi connectivity index (χ0n) is 10.4. The summed E-state index contributed by atoms with van der Waals surface area (Å²) >= 11 is 0. The molecule has 1 aliphatic heterocycles. The standard InChI is InChI=1S/C11H17N3O5/c1-2-12-7-3-4-14(11(18)13-7)10-9(17)8(16)6(5-15)19-10/h3-4,6,8-10,15-17H,2,5H2,1H3,(H,12,13,18)/t6-,8-,9+,10-/m1/s1. The van der Waals surface area contributed by atoms with Gasteiger partial charge >= 0.3 is 5.69 Å². The van der Waals surface area contributed by atoms with Gasteiger partial charge in [-0.1, -0.05) is 0 Å². The zero-order valence-corrected chi connectivity index (χ0v) is 10.4. The van der Waals surface area contributed by atoms with Gasteiger partial charge in [-0.3, -0.25) is 4.57 Å². The summed E-state index contributed by atoms with van der Waals surface area (Å²) in [7, 11) is 0. The summed E-state index contributed by atoms with van der Waals surface area (Å²) in [5.74, 6) is 0.426. The molecule has 8 heteroatoms. The van der Waals surface area contributed by atoms with Crippen LogP contribution in [0.5, 0.6) is 0 Å². The monoisotopic (exact) mass is 271 g/mol. The Morgan fingerprint density at radius 2 is 2.21 bits per heavy atom. The molecule has 2 heterocycles. The minimum absolute atomic E-state index is 0.426. The maximum atomic E-state index is 11.8. The van der Waals surface area contributed by atoms with Crippen molar-refractivity contribution in [2.45, 2.75) is 31.5 Å². The van der Waals surface area contributed by atoms with Crippen LogP contribution in [0, 0.1) is 0 Å². The fourth-order valence-corrected chi connectivity index (χ4v) is 2.00. The second-order valence-electron chi connectivity index (χ2n) is 4.26. The first-order valence-electron chi connectivity index (χ1n) is 6.04.